The number of halogens is 3. The van der Waals surface area contributed by atoms with E-state index in [9.17, 15) is 15.2 Å². The highest BCUT2D eigenvalue weighted by atomic mass is 127. The molecule has 0 fully saturated rings. The second kappa shape index (κ2) is 8.01. The molecular formula is C17H11BrClIN2O2. The summed E-state index contributed by atoms with van der Waals surface area (Å²) < 4.78 is 1.34. The van der Waals surface area contributed by atoms with Crippen LogP contribution in [0.3, 0.4) is 0 Å². The van der Waals surface area contributed by atoms with Gasteiger partial charge in [0.1, 0.15) is 17.4 Å². The molecule has 122 valence electrons. The third-order valence-electron chi connectivity index (χ3n) is 3.15. The molecule has 2 rings (SSSR count). The Morgan fingerprint density at radius 1 is 1.42 bits per heavy atom. The predicted octanol–water partition coefficient (Wildman–Crippen LogP) is 5.27. The van der Waals surface area contributed by atoms with Gasteiger partial charge in [0.15, 0.2) is 0 Å². The second-order valence-corrected chi connectivity index (χ2v) is 7.40. The monoisotopic (exact) mass is 516 g/mol. The Morgan fingerprint density at radius 3 is 2.75 bits per heavy atom. The summed E-state index contributed by atoms with van der Waals surface area (Å²) in [4.78, 5) is 12.3. The van der Waals surface area contributed by atoms with Crippen molar-refractivity contribution < 1.29 is 9.90 Å². The van der Waals surface area contributed by atoms with Crippen LogP contribution in [-0.4, -0.2) is 11.0 Å². The number of amides is 1. The van der Waals surface area contributed by atoms with E-state index in [1.54, 1.807) is 30.3 Å². The maximum atomic E-state index is 12.3. The van der Waals surface area contributed by atoms with E-state index in [0.29, 0.717) is 19.8 Å². The molecule has 0 atom stereocenters. The number of nitrogens with one attached hydrogen (secondary N) is 1. The molecule has 1 amide bonds. The first-order valence-electron chi connectivity index (χ1n) is 6.69. The Hall–Kier alpha value is -1.56. The maximum Gasteiger partial charge on any atom is 0.266 e. The molecule has 0 aromatic heterocycles. The molecule has 0 bridgehead atoms. The van der Waals surface area contributed by atoms with Crippen molar-refractivity contribution in [3.63, 3.8) is 0 Å². The number of phenols is 1. The van der Waals surface area contributed by atoms with E-state index in [-0.39, 0.29) is 11.3 Å². The Bertz CT molecular complexity index is 891. The largest absolute Gasteiger partial charge is 0.506 e. The van der Waals surface area contributed by atoms with Gasteiger partial charge in [0.05, 0.1) is 3.57 Å². The van der Waals surface area contributed by atoms with Gasteiger partial charge < -0.3 is 10.4 Å². The third-order valence-corrected chi connectivity index (χ3v) is 4.84. The molecule has 24 heavy (non-hydrogen) atoms. The summed E-state index contributed by atoms with van der Waals surface area (Å²) in [5, 5.41) is 22.5. The second-order valence-electron chi connectivity index (χ2n) is 4.91. The molecule has 0 heterocycles. The van der Waals surface area contributed by atoms with Crippen LogP contribution in [0.4, 0.5) is 5.69 Å². The van der Waals surface area contributed by atoms with Gasteiger partial charge >= 0.3 is 0 Å². The molecule has 4 nitrogen and oxygen atoms in total. The van der Waals surface area contributed by atoms with E-state index in [4.69, 9.17) is 11.6 Å². The van der Waals surface area contributed by atoms with E-state index in [1.165, 1.54) is 6.08 Å². The Labute approximate surface area is 166 Å². The Kier molecular flexibility index (Phi) is 6.27. The van der Waals surface area contributed by atoms with Crippen molar-refractivity contribution in [3.05, 3.63) is 60.1 Å². The number of carbonyl (C=O) groups excluding carboxylic acids is 1. The minimum atomic E-state index is -0.577. The third kappa shape index (κ3) is 4.50. The highest BCUT2D eigenvalue weighted by Gasteiger charge is 2.13. The van der Waals surface area contributed by atoms with Crippen LogP contribution >= 0.6 is 50.1 Å². The van der Waals surface area contributed by atoms with Gasteiger partial charge in [-0.2, -0.15) is 5.26 Å². The van der Waals surface area contributed by atoms with Crippen molar-refractivity contribution in [1.29, 1.82) is 5.26 Å². The van der Waals surface area contributed by atoms with Gasteiger partial charge in [-0.25, -0.2) is 0 Å². The van der Waals surface area contributed by atoms with Crippen molar-refractivity contribution in [2.75, 3.05) is 5.32 Å². The quantitative estimate of drug-likeness (QED) is 0.331. The fourth-order valence-electron chi connectivity index (χ4n) is 1.87. The summed E-state index contributed by atoms with van der Waals surface area (Å²) in [7, 11) is 0. The zero-order valence-electron chi connectivity index (χ0n) is 12.4. The number of carbonyl (C=O) groups is 1. The highest BCUT2D eigenvalue weighted by molar-refractivity contribution is 14.1. The molecule has 0 aliphatic rings. The first-order valence-corrected chi connectivity index (χ1v) is 8.94. The van der Waals surface area contributed by atoms with Crippen LogP contribution in [0.25, 0.3) is 6.08 Å². The van der Waals surface area contributed by atoms with Crippen molar-refractivity contribution in [2.24, 2.45) is 0 Å². The van der Waals surface area contributed by atoms with Gasteiger partial charge in [-0.05, 0) is 65.4 Å². The number of hydrogen-bond acceptors (Lipinski definition) is 3. The topological polar surface area (TPSA) is 73.1 Å². The molecule has 2 N–H and O–H groups in total. The summed E-state index contributed by atoms with van der Waals surface area (Å²) >= 11 is 11.3. The highest BCUT2D eigenvalue weighted by Crippen LogP contribution is 2.30. The lowest BCUT2D eigenvalue weighted by Gasteiger charge is -2.07. The minimum absolute atomic E-state index is 0.0118. The summed E-state index contributed by atoms with van der Waals surface area (Å²) in [6, 6.07) is 10.3. The average molecular weight is 518 g/mol. The summed E-state index contributed by atoms with van der Waals surface area (Å²) in [6.45, 7) is 1.85. The van der Waals surface area contributed by atoms with Crippen LogP contribution in [0.2, 0.25) is 5.02 Å². The average Bonchev–Trinajstić information content (AvgIpc) is 2.52. The lowest BCUT2D eigenvalue weighted by molar-refractivity contribution is -0.112. The van der Waals surface area contributed by atoms with E-state index in [2.05, 4.69) is 21.2 Å². The number of phenolic OH excluding ortho intramolecular Hbond substituents is 1. The van der Waals surface area contributed by atoms with E-state index >= 15 is 0 Å². The number of hydrogen-bond donors (Lipinski definition) is 2. The first kappa shape index (κ1) is 18.8. The van der Waals surface area contributed by atoms with E-state index in [0.717, 1.165) is 10.0 Å². The van der Waals surface area contributed by atoms with Crippen LogP contribution in [-0.2, 0) is 4.79 Å². The van der Waals surface area contributed by atoms with Crippen molar-refractivity contribution in [1.82, 2.24) is 0 Å². The molecule has 2 aromatic carbocycles. The summed E-state index contributed by atoms with van der Waals surface area (Å²) in [6.07, 6.45) is 1.34. The lowest BCUT2D eigenvalue weighted by atomic mass is 10.1. The first-order chi connectivity index (χ1) is 11.3. The van der Waals surface area contributed by atoms with Crippen LogP contribution in [0.15, 0.2) is 40.4 Å². The predicted molar refractivity (Wildman–Crippen MR) is 107 cm³/mol. The van der Waals surface area contributed by atoms with Crippen LogP contribution < -0.4 is 5.32 Å². The number of benzene rings is 2. The fourth-order valence-corrected chi connectivity index (χ4v) is 3.60. The molecule has 0 unspecified atom stereocenters. The van der Waals surface area contributed by atoms with Gasteiger partial charge in [0, 0.05) is 20.7 Å². The standard InChI is InChI=1S/C17H11BrClIN2O2/c1-9-2-3-13(7-14(9)19)22-17(24)11(8-21)4-10-5-12(18)6-15(20)16(10)23/h2-7,23H,1H3,(H,22,24)/b11-4+. The molecule has 0 saturated heterocycles. The zero-order valence-corrected chi connectivity index (χ0v) is 16.9. The molecule has 2 aromatic rings. The van der Waals surface area contributed by atoms with E-state index < -0.39 is 5.91 Å². The number of aromatic hydroxyl groups is 1. The van der Waals surface area contributed by atoms with Crippen LogP contribution in [0, 0.1) is 21.8 Å². The maximum absolute atomic E-state index is 12.3. The van der Waals surface area contributed by atoms with Gasteiger partial charge in [-0.3, -0.25) is 4.79 Å². The Morgan fingerprint density at radius 2 is 2.12 bits per heavy atom. The molecular weight excluding hydrogens is 506 g/mol. The van der Waals surface area contributed by atoms with Gasteiger partial charge in [0.25, 0.3) is 5.91 Å². The minimum Gasteiger partial charge on any atom is -0.506 e. The number of nitrogens with zero attached hydrogens (tertiary/aromatic N) is 1. The summed E-state index contributed by atoms with van der Waals surface area (Å²) in [5.41, 5.74) is 1.63. The smallest absolute Gasteiger partial charge is 0.266 e. The van der Waals surface area contributed by atoms with Crippen molar-refractivity contribution >= 4 is 67.8 Å². The number of nitriles is 1. The summed E-state index contributed by atoms with van der Waals surface area (Å²) in [5.74, 6) is -0.565. The van der Waals surface area contributed by atoms with Gasteiger partial charge in [0.2, 0.25) is 0 Å². The van der Waals surface area contributed by atoms with Crippen molar-refractivity contribution in [3.8, 4) is 11.8 Å². The number of aryl methyl sites for hydroxylation is 1. The SMILES string of the molecule is Cc1ccc(NC(=O)/C(C#N)=C/c2cc(Br)cc(I)c2O)cc1Cl. The molecule has 0 saturated carbocycles. The van der Waals surface area contributed by atoms with E-state index in [1.807, 2.05) is 35.6 Å². The molecule has 0 spiro atoms. The fraction of sp³-hybridized carbons (Fsp3) is 0.0588. The Balaban J connectivity index is 2.32. The van der Waals surface area contributed by atoms with Crippen LogP contribution in [0.1, 0.15) is 11.1 Å². The molecule has 0 radical (unpaired) electrons. The van der Waals surface area contributed by atoms with Gasteiger partial charge in [-0.1, -0.05) is 33.6 Å². The number of rotatable bonds is 3. The van der Waals surface area contributed by atoms with Crippen LogP contribution in [0.5, 0.6) is 5.75 Å². The van der Waals surface area contributed by atoms with Gasteiger partial charge in [-0.15, -0.1) is 0 Å². The molecule has 0 aliphatic heterocycles. The number of anilines is 1. The molecule has 0 aliphatic carbocycles. The zero-order chi connectivity index (χ0) is 17.9. The molecule has 7 heteroatoms. The van der Waals surface area contributed by atoms with Crippen molar-refractivity contribution in [2.45, 2.75) is 6.92 Å². The lowest BCUT2D eigenvalue weighted by Crippen LogP contribution is -2.13. The normalized spacial score (nSPS) is 11.0.